The van der Waals surface area contributed by atoms with E-state index in [4.69, 9.17) is 10.4 Å². The number of aromatic carboxylic acids is 1. The fourth-order valence-electron chi connectivity index (χ4n) is 1.21. The van der Waals surface area contributed by atoms with Gasteiger partial charge in [-0.2, -0.15) is 5.26 Å². The number of aryl methyl sites for hydroxylation is 1. The second kappa shape index (κ2) is 4.90. The highest BCUT2D eigenvalue weighted by molar-refractivity contribution is 7.86. The first-order valence-electron chi connectivity index (χ1n) is 4.61. The quantitative estimate of drug-likeness (QED) is 0.868. The van der Waals surface area contributed by atoms with Crippen molar-refractivity contribution in [3.05, 3.63) is 29.3 Å². The molecule has 0 aliphatic carbocycles. The van der Waals surface area contributed by atoms with Crippen LogP contribution in [0.4, 0.5) is 0 Å². The molecule has 0 aliphatic rings. The van der Waals surface area contributed by atoms with Gasteiger partial charge in [0.1, 0.15) is 5.25 Å². The van der Waals surface area contributed by atoms with Crippen molar-refractivity contribution in [2.75, 3.05) is 0 Å². The predicted octanol–water partition coefficient (Wildman–Crippen LogP) is 1.71. The Morgan fingerprint density at radius 1 is 1.56 bits per heavy atom. The monoisotopic (exact) mass is 237 g/mol. The van der Waals surface area contributed by atoms with Crippen molar-refractivity contribution >= 4 is 16.8 Å². The molecule has 0 amide bonds. The van der Waals surface area contributed by atoms with Crippen molar-refractivity contribution in [1.82, 2.24) is 0 Å². The highest BCUT2D eigenvalue weighted by atomic mass is 32.2. The van der Waals surface area contributed by atoms with Crippen LogP contribution in [-0.4, -0.2) is 20.5 Å². The number of benzene rings is 1. The van der Waals surface area contributed by atoms with Crippen LogP contribution in [0.3, 0.4) is 0 Å². The first kappa shape index (κ1) is 12.4. The van der Waals surface area contributed by atoms with E-state index in [1.807, 2.05) is 6.07 Å². The molecule has 0 saturated heterocycles. The topological polar surface area (TPSA) is 78.2 Å². The lowest BCUT2D eigenvalue weighted by molar-refractivity contribution is 0.0696. The van der Waals surface area contributed by atoms with Crippen LogP contribution in [-0.2, 0) is 10.8 Å². The zero-order chi connectivity index (χ0) is 12.3. The first-order chi connectivity index (χ1) is 7.47. The van der Waals surface area contributed by atoms with E-state index < -0.39 is 22.0 Å². The van der Waals surface area contributed by atoms with Crippen LogP contribution in [0, 0.1) is 18.3 Å². The number of hydrogen-bond acceptors (Lipinski definition) is 3. The Balaban J connectivity index is 3.19. The third-order valence-corrected chi connectivity index (χ3v) is 3.64. The van der Waals surface area contributed by atoms with E-state index >= 15 is 0 Å². The minimum atomic E-state index is -1.49. The molecule has 84 valence electrons. The molecule has 5 heteroatoms. The van der Waals surface area contributed by atoms with Gasteiger partial charge in [-0.25, -0.2) is 4.79 Å². The maximum absolute atomic E-state index is 11.8. The van der Waals surface area contributed by atoms with Gasteiger partial charge < -0.3 is 5.11 Å². The van der Waals surface area contributed by atoms with E-state index in [0.29, 0.717) is 10.5 Å². The van der Waals surface area contributed by atoms with Gasteiger partial charge in [0, 0.05) is 4.90 Å². The van der Waals surface area contributed by atoms with Gasteiger partial charge in [0.2, 0.25) is 0 Å². The molecule has 0 bridgehead atoms. The molecule has 1 rings (SSSR count). The minimum Gasteiger partial charge on any atom is -0.478 e. The van der Waals surface area contributed by atoms with Crippen molar-refractivity contribution in [3.8, 4) is 6.07 Å². The summed E-state index contributed by atoms with van der Waals surface area (Å²) in [5, 5.41) is 16.9. The maximum Gasteiger partial charge on any atom is 0.335 e. The van der Waals surface area contributed by atoms with E-state index in [2.05, 4.69) is 0 Å². The predicted molar refractivity (Wildman–Crippen MR) is 59.6 cm³/mol. The SMILES string of the molecule is Cc1ccc(S(=O)C(C)C#N)cc1C(=O)O. The lowest BCUT2D eigenvalue weighted by Crippen LogP contribution is -2.09. The van der Waals surface area contributed by atoms with Crippen LogP contribution in [0.15, 0.2) is 23.1 Å². The molecule has 4 nitrogen and oxygen atoms in total. The summed E-state index contributed by atoms with van der Waals surface area (Å²) in [7, 11) is -1.49. The number of carboxylic acids is 1. The van der Waals surface area contributed by atoms with Crippen LogP contribution in [0.2, 0.25) is 0 Å². The van der Waals surface area contributed by atoms with Gasteiger partial charge in [-0.3, -0.25) is 4.21 Å². The Bertz CT molecular complexity index is 490. The van der Waals surface area contributed by atoms with Gasteiger partial charge in [-0.15, -0.1) is 0 Å². The van der Waals surface area contributed by atoms with Crippen LogP contribution < -0.4 is 0 Å². The van der Waals surface area contributed by atoms with Crippen molar-refractivity contribution < 1.29 is 14.1 Å². The molecule has 0 spiro atoms. The number of hydrogen-bond donors (Lipinski definition) is 1. The molecule has 2 atom stereocenters. The third-order valence-electron chi connectivity index (χ3n) is 2.17. The number of rotatable bonds is 3. The zero-order valence-electron chi connectivity index (χ0n) is 8.93. The largest absolute Gasteiger partial charge is 0.478 e. The van der Waals surface area contributed by atoms with Crippen LogP contribution in [0.25, 0.3) is 0 Å². The molecule has 16 heavy (non-hydrogen) atoms. The molecule has 0 saturated carbocycles. The normalized spacial score (nSPS) is 13.8. The fourth-order valence-corrected chi connectivity index (χ4v) is 2.15. The smallest absolute Gasteiger partial charge is 0.335 e. The van der Waals surface area contributed by atoms with Gasteiger partial charge in [0.25, 0.3) is 0 Å². The maximum atomic E-state index is 11.8. The molecular formula is C11H11NO3S. The minimum absolute atomic E-state index is 0.121. The summed E-state index contributed by atoms with van der Waals surface area (Å²) >= 11 is 0. The Morgan fingerprint density at radius 2 is 2.19 bits per heavy atom. The second-order valence-electron chi connectivity index (χ2n) is 3.35. The van der Waals surface area contributed by atoms with E-state index in [9.17, 15) is 9.00 Å². The molecule has 0 aromatic heterocycles. The van der Waals surface area contributed by atoms with Crippen LogP contribution >= 0.6 is 0 Å². The summed E-state index contributed by atoms with van der Waals surface area (Å²) in [5.74, 6) is -1.05. The molecule has 0 aliphatic heterocycles. The van der Waals surface area contributed by atoms with Crippen molar-refractivity contribution in [1.29, 1.82) is 5.26 Å². The van der Waals surface area contributed by atoms with Gasteiger partial charge >= 0.3 is 5.97 Å². The first-order valence-corrected chi connectivity index (χ1v) is 5.82. The molecular weight excluding hydrogens is 226 g/mol. The van der Waals surface area contributed by atoms with Gasteiger partial charge in [-0.05, 0) is 31.5 Å². The van der Waals surface area contributed by atoms with Crippen LogP contribution in [0.1, 0.15) is 22.8 Å². The highest BCUT2D eigenvalue weighted by Gasteiger charge is 2.15. The average molecular weight is 237 g/mol. The molecule has 0 fully saturated rings. The van der Waals surface area contributed by atoms with Crippen molar-refractivity contribution in [2.45, 2.75) is 24.0 Å². The molecule has 1 aromatic carbocycles. The second-order valence-corrected chi connectivity index (χ2v) is 5.12. The third kappa shape index (κ3) is 2.47. The molecule has 0 heterocycles. The van der Waals surface area contributed by atoms with Gasteiger partial charge in [0.05, 0.1) is 22.4 Å². The Hall–Kier alpha value is -1.67. The molecule has 1 aromatic rings. The lowest BCUT2D eigenvalue weighted by Gasteiger charge is -2.06. The molecule has 2 unspecified atom stereocenters. The average Bonchev–Trinajstić information content (AvgIpc) is 2.27. The molecule has 1 N–H and O–H groups in total. The van der Waals surface area contributed by atoms with E-state index in [1.165, 1.54) is 13.0 Å². The number of nitrogens with zero attached hydrogens (tertiary/aromatic N) is 1. The fraction of sp³-hybridized carbons (Fsp3) is 0.273. The summed E-state index contributed by atoms with van der Waals surface area (Å²) in [5.41, 5.74) is 0.730. The Labute approximate surface area is 96.0 Å². The summed E-state index contributed by atoms with van der Waals surface area (Å²) in [6.45, 7) is 3.21. The van der Waals surface area contributed by atoms with E-state index in [0.717, 1.165) is 0 Å². The lowest BCUT2D eigenvalue weighted by atomic mass is 10.1. The summed E-state index contributed by atoms with van der Waals surface area (Å²) in [6.07, 6.45) is 0. The van der Waals surface area contributed by atoms with Crippen molar-refractivity contribution in [3.63, 3.8) is 0 Å². The summed E-state index contributed by atoms with van der Waals surface area (Å²) in [4.78, 5) is 11.2. The van der Waals surface area contributed by atoms with Gasteiger partial charge in [-0.1, -0.05) is 6.07 Å². The standard InChI is InChI=1S/C11H11NO3S/c1-7-3-4-9(5-10(7)11(13)14)16(15)8(2)6-12/h3-5,8H,1-2H3,(H,13,14). The summed E-state index contributed by atoms with van der Waals surface area (Å²) < 4.78 is 11.8. The highest BCUT2D eigenvalue weighted by Crippen LogP contribution is 2.16. The number of nitriles is 1. The van der Waals surface area contributed by atoms with E-state index in [-0.39, 0.29) is 5.56 Å². The van der Waals surface area contributed by atoms with Gasteiger partial charge in [0.15, 0.2) is 0 Å². The Kier molecular flexibility index (Phi) is 3.80. The summed E-state index contributed by atoms with van der Waals surface area (Å²) in [6, 6.07) is 6.43. The van der Waals surface area contributed by atoms with Crippen LogP contribution in [0.5, 0.6) is 0 Å². The van der Waals surface area contributed by atoms with E-state index in [1.54, 1.807) is 19.1 Å². The number of carboxylic acid groups (broad SMARTS) is 1. The molecule has 0 radical (unpaired) electrons. The zero-order valence-corrected chi connectivity index (χ0v) is 9.75. The Morgan fingerprint density at radius 3 is 2.69 bits per heavy atom. The van der Waals surface area contributed by atoms with Crippen molar-refractivity contribution in [2.24, 2.45) is 0 Å². The number of carbonyl (C=O) groups is 1.